The molecule has 1 nitrogen and oxygen atoms in total. The molecule has 0 bridgehead atoms. The van der Waals surface area contributed by atoms with Crippen LogP contribution in [0, 0.1) is 5.82 Å². The fourth-order valence-electron chi connectivity index (χ4n) is 1.75. The van der Waals surface area contributed by atoms with Gasteiger partial charge < -0.3 is 5.73 Å². The summed E-state index contributed by atoms with van der Waals surface area (Å²) in [5, 5.41) is 0.216. The van der Waals surface area contributed by atoms with Gasteiger partial charge in [-0.25, -0.2) is 4.39 Å². The van der Waals surface area contributed by atoms with Crippen LogP contribution in [0.4, 0.5) is 4.39 Å². The highest BCUT2D eigenvalue weighted by molar-refractivity contribution is 6.31. The van der Waals surface area contributed by atoms with Crippen molar-refractivity contribution in [2.75, 3.05) is 0 Å². The first kappa shape index (κ1) is 13.5. The van der Waals surface area contributed by atoms with Gasteiger partial charge in [0.05, 0.1) is 5.02 Å². The lowest BCUT2D eigenvalue weighted by Gasteiger charge is -2.12. The van der Waals surface area contributed by atoms with Crippen molar-refractivity contribution in [3.63, 3.8) is 0 Å². The second-order valence-corrected chi connectivity index (χ2v) is 4.55. The Bertz CT molecular complexity index is 328. The van der Waals surface area contributed by atoms with E-state index in [4.69, 9.17) is 17.3 Å². The van der Waals surface area contributed by atoms with E-state index in [0.717, 1.165) is 18.4 Å². The van der Waals surface area contributed by atoms with E-state index in [1.807, 2.05) is 6.07 Å². The van der Waals surface area contributed by atoms with Crippen molar-refractivity contribution in [1.29, 1.82) is 0 Å². The van der Waals surface area contributed by atoms with Crippen LogP contribution in [-0.2, 0) is 6.42 Å². The Morgan fingerprint density at radius 3 is 2.81 bits per heavy atom. The van der Waals surface area contributed by atoms with Crippen molar-refractivity contribution in [3.05, 3.63) is 34.6 Å². The van der Waals surface area contributed by atoms with Crippen LogP contribution in [0.5, 0.6) is 0 Å². The Morgan fingerprint density at radius 2 is 2.12 bits per heavy atom. The van der Waals surface area contributed by atoms with Gasteiger partial charge in [-0.15, -0.1) is 0 Å². The third kappa shape index (κ3) is 4.11. The molecule has 3 heteroatoms. The standard InChI is InChI=1S/C13H19ClFN/c1-2-3-4-7-11(16)9-10-6-5-8-12(15)13(10)14/h5-6,8,11H,2-4,7,9,16H2,1H3. The van der Waals surface area contributed by atoms with Crippen LogP contribution in [0.1, 0.15) is 38.2 Å². The summed E-state index contributed by atoms with van der Waals surface area (Å²) in [5.74, 6) is -0.361. The average Bonchev–Trinajstić information content (AvgIpc) is 2.25. The molecule has 0 aromatic heterocycles. The minimum absolute atomic E-state index is 0.0749. The van der Waals surface area contributed by atoms with E-state index in [1.165, 1.54) is 18.9 Å². The number of nitrogens with two attached hydrogens (primary N) is 1. The molecule has 0 spiro atoms. The molecule has 1 rings (SSSR count). The van der Waals surface area contributed by atoms with Crippen molar-refractivity contribution >= 4 is 11.6 Å². The summed E-state index contributed by atoms with van der Waals surface area (Å²) < 4.78 is 13.2. The smallest absolute Gasteiger partial charge is 0.142 e. The summed E-state index contributed by atoms with van der Waals surface area (Å²) in [6, 6.07) is 4.96. The second kappa shape index (κ2) is 6.87. The number of hydrogen-bond donors (Lipinski definition) is 1. The number of rotatable bonds is 6. The maximum Gasteiger partial charge on any atom is 0.142 e. The molecule has 1 aromatic carbocycles. The molecule has 16 heavy (non-hydrogen) atoms. The molecule has 2 N–H and O–H groups in total. The average molecular weight is 244 g/mol. The summed E-state index contributed by atoms with van der Waals surface area (Å²) in [6.07, 6.45) is 5.14. The zero-order chi connectivity index (χ0) is 12.0. The van der Waals surface area contributed by atoms with E-state index >= 15 is 0 Å². The van der Waals surface area contributed by atoms with E-state index in [9.17, 15) is 4.39 Å². The first-order valence-electron chi connectivity index (χ1n) is 5.83. The van der Waals surface area contributed by atoms with E-state index in [1.54, 1.807) is 6.07 Å². The highest BCUT2D eigenvalue weighted by Gasteiger charge is 2.09. The van der Waals surface area contributed by atoms with Crippen molar-refractivity contribution in [3.8, 4) is 0 Å². The molecule has 0 aliphatic heterocycles. The van der Waals surface area contributed by atoms with Crippen LogP contribution < -0.4 is 5.73 Å². The van der Waals surface area contributed by atoms with Crippen LogP contribution in [0.25, 0.3) is 0 Å². The molecule has 0 saturated heterocycles. The predicted molar refractivity (Wildman–Crippen MR) is 67.2 cm³/mol. The van der Waals surface area contributed by atoms with Gasteiger partial charge in [0, 0.05) is 6.04 Å². The second-order valence-electron chi connectivity index (χ2n) is 4.17. The normalized spacial score (nSPS) is 12.8. The molecule has 1 atom stereocenters. The Labute approximate surface area is 102 Å². The van der Waals surface area contributed by atoms with Crippen molar-refractivity contribution in [2.24, 2.45) is 5.73 Å². The summed E-state index contributed by atoms with van der Waals surface area (Å²) in [4.78, 5) is 0. The lowest BCUT2D eigenvalue weighted by Crippen LogP contribution is -2.22. The molecule has 0 radical (unpaired) electrons. The first-order chi connectivity index (χ1) is 7.65. The number of unbranched alkanes of at least 4 members (excludes halogenated alkanes) is 2. The molecule has 1 aromatic rings. The predicted octanol–water partition coefficient (Wildman–Crippen LogP) is 3.93. The maximum absolute atomic E-state index is 13.2. The van der Waals surface area contributed by atoms with E-state index in [-0.39, 0.29) is 16.9 Å². The number of hydrogen-bond acceptors (Lipinski definition) is 1. The first-order valence-corrected chi connectivity index (χ1v) is 6.21. The van der Waals surface area contributed by atoms with Crippen LogP contribution in [0.3, 0.4) is 0 Å². The van der Waals surface area contributed by atoms with Crippen molar-refractivity contribution in [1.82, 2.24) is 0 Å². The molecular formula is C13H19ClFN. The summed E-state index contributed by atoms with van der Waals surface area (Å²) in [6.45, 7) is 2.16. The van der Waals surface area contributed by atoms with E-state index in [0.29, 0.717) is 6.42 Å². The van der Waals surface area contributed by atoms with Gasteiger partial charge in [0.1, 0.15) is 5.82 Å². The number of halogens is 2. The minimum atomic E-state index is -0.361. The van der Waals surface area contributed by atoms with Crippen molar-refractivity contribution in [2.45, 2.75) is 45.1 Å². The summed E-state index contributed by atoms with van der Waals surface area (Å²) in [5.41, 5.74) is 6.80. The SMILES string of the molecule is CCCCCC(N)Cc1cccc(F)c1Cl. The van der Waals surface area contributed by atoms with Crippen LogP contribution in [-0.4, -0.2) is 6.04 Å². The lowest BCUT2D eigenvalue weighted by atomic mass is 10.0. The van der Waals surface area contributed by atoms with Gasteiger partial charge >= 0.3 is 0 Å². The molecule has 0 fully saturated rings. The van der Waals surface area contributed by atoms with E-state index < -0.39 is 0 Å². The topological polar surface area (TPSA) is 26.0 Å². The zero-order valence-electron chi connectivity index (χ0n) is 9.68. The van der Waals surface area contributed by atoms with Crippen LogP contribution >= 0.6 is 11.6 Å². The molecule has 0 amide bonds. The third-order valence-corrected chi connectivity index (χ3v) is 3.12. The summed E-state index contributed by atoms with van der Waals surface area (Å²) >= 11 is 5.87. The summed E-state index contributed by atoms with van der Waals surface area (Å²) in [7, 11) is 0. The van der Waals surface area contributed by atoms with Gasteiger partial charge in [0.25, 0.3) is 0 Å². The molecule has 0 saturated carbocycles. The van der Waals surface area contributed by atoms with Crippen molar-refractivity contribution < 1.29 is 4.39 Å². The highest BCUT2D eigenvalue weighted by Crippen LogP contribution is 2.21. The Balaban J connectivity index is 2.49. The van der Waals surface area contributed by atoms with Gasteiger partial charge in [-0.1, -0.05) is 49.9 Å². The van der Waals surface area contributed by atoms with Gasteiger partial charge in [-0.05, 0) is 24.5 Å². The number of benzene rings is 1. The van der Waals surface area contributed by atoms with Gasteiger partial charge in [0.15, 0.2) is 0 Å². The molecule has 90 valence electrons. The van der Waals surface area contributed by atoms with Gasteiger partial charge in [-0.3, -0.25) is 0 Å². The van der Waals surface area contributed by atoms with Crippen LogP contribution in [0.2, 0.25) is 5.02 Å². The Kier molecular flexibility index (Phi) is 5.78. The van der Waals surface area contributed by atoms with E-state index in [2.05, 4.69) is 6.92 Å². The van der Waals surface area contributed by atoms with Gasteiger partial charge in [-0.2, -0.15) is 0 Å². The monoisotopic (exact) mass is 243 g/mol. The molecule has 0 aliphatic rings. The van der Waals surface area contributed by atoms with Crippen LogP contribution in [0.15, 0.2) is 18.2 Å². The Morgan fingerprint density at radius 1 is 1.38 bits per heavy atom. The third-order valence-electron chi connectivity index (χ3n) is 2.69. The molecule has 0 aliphatic carbocycles. The largest absolute Gasteiger partial charge is 0.327 e. The fraction of sp³-hybridized carbons (Fsp3) is 0.538. The Hall–Kier alpha value is -0.600. The fourth-order valence-corrected chi connectivity index (χ4v) is 1.95. The van der Waals surface area contributed by atoms with Gasteiger partial charge in [0.2, 0.25) is 0 Å². The molecule has 1 unspecified atom stereocenters. The highest BCUT2D eigenvalue weighted by atomic mass is 35.5. The quantitative estimate of drug-likeness (QED) is 0.753. The molecule has 0 heterocycles. The maximum atomic E-state index is 13.2. The lowest BCUT2D eigenvalue weighted by molar-refractivity contribution is 0.555. The molecular weight excluding hydrogens is 225 g/mol. The minimum Gasteiger partial charge on any atom is -0.327 e. The zero-order valence-corrected chi connectivity index (χ0v) is 10.4.